The number of rotatable bonds is 2. The highest BCUT2D eigenvalue weighted by Gasteiger charge is 2.30. The van der Waals surface area contributed by atoms with Gasteiger partial charge in [-0.05, 0) is 24.7 Å². The lowest BCUT2D eigenvalue weighted by Crippen LogP contribution is -2.23. The molecule has 0 N–H and O–H groups in total. The van der Waals surface area contributed by atoms with Gasteiger partial charge >= 0.3 is 0 Å². The molecule has 0 spiro atoms. The third-order valence-electron chi connectivity index (χ3n) is 3.51. The van der Waals surface area contributed by atoms with Crippen LogP contribution in [0.1, 0.15) is 68.0 Å². The van der Waals surface area contributed by atoms with Crippen LogP contribution in [0.15, 0.2) is 6.20 Å². The normalized spacial score (nSPS) is 17.8. The molecule has 0 bridgehead atoms. The summed E-state index contributed by atoms with van der Waals surface area (Å²) in [5, 5.41) is 0. The first-order valence-corrected chi connectivity index (χ1v) is 6.85. The topological polar surface area (TPSA) is 52.1 Å². The molecule has 19 heavy (non-hydrogen) atoms. The van der Waals surface area contributed by atoms with E-state index in [1.165, 1.54) is 0 Å². The maximum atomic E-state index is 11.9. The van der Waals surface area contributed by atoms with Gasteiger partial charge in [0.25, 0.3) is 0 Å². The highest BCUT2D eigenvalue weighted by molar-refractivity contribution is 5.97. The van der Waals surface area contributed by atoms with Gasteiger partial charge < -0.3 is 4.74 Å². The molecule has 104 valence electrons. The summed E-state index contributed by atoms with van der Waals surface area (Å²) in [5.74, 6) is 0.854. The molecular weight excluding hydrogens is 240 g/mol. The maximum Gasteiger partial charge on any atom is 0.166 e. The predicted molar refractivity (Wildman–Crippen MR) is 73.1 cm³/mol. The number of hydrogen-bond donors (Lipinski definition) is 0. The van der Waals surface area contributed by atoms with Crippen molar-refractivity contribution in [3.63, 3.8) is 0 Å². The SMILES string of the molecule is COC(c1ncc2c(n1)CCCCC2=O)C(C)(C)C. The highest BCUT2D eigenvalue weighted by atomic mass is 16.5. The van der Waals surface area contributed by atoms with E-state index in [9.17, 15) is 4.79 Å². The lowest BCUT2D eigenvalue weighted by Gasteiger charge is -2.28. The largest absolute Gasteiger partial charge is 0.373 e. The van der Waals surface area contributed by atoms with E-state index in [1.54, 1.807) is 13.3 Å². The van der Waals surface area contributed by atoms with E-state index in [2.05, 4.69) is 30.7 Å². The first-order chi connectivity index (χ1) is 8.93. The van der Waals surface area contributed by atoms with Crippen molar-refractivity contribution in [2.24, 2.45) is 5.41 Å². The summed E-state index contributed by atoms with van der Waals surface area (Å²) in [6.07, 6.45) is 4.96. The number of methoxy groups -OCH3 is 1. The van der Waals surface area contributed by atoms with Crippen molar-refractivity contribution in [1.82, 2.24) is 9.97 Å². The second-order valence-corrected chi connectivity index (χ2v) is 6.20. The van der Waals surface area contributed by atoms with Crippen molar-refractivity contribution >= 4 is 5.78 Å². The molecule has 0 amide bonds. The molecule has 1 aromatic heterocycles. The second-order valence-electron chi connectivity index (χ2n) is 6.20. The number of aromatic nitrogens is 2. The van der Waals surface area contributed by atoms with Crippen LogP contribution >= 0.6 is 0 Å². The number of fused-ring (bicyclic) bond motifs is 1. The minimum atomic E-state index is -0.156. The van der Waals surface area contributed by atoms with Crippen molar-refractivity contribution < 1.29 is 9.53 Å². The molecule has 1 heterocycles. The maximum absolute atomic E-state index is 11.9. The number of Topliss-reactive ketones (excluding diaryl/α,β-unsaturated/α-hetero) is 1. The van der Waals surface area contributed by atoms with Gasteiger partial charge in [0.05, 0.1) is 11.3 Å². The zero-order chi connectivity index (χ0) is 14.0. The molecule has 2 rings (SSSR count). The number of aryl methyl sites for hydroxylation is 1. The number of ether oxygens (including phenoxy) is 1. The summed E-state index contributed by atoms with van der Waals surface area (Å²) in [6.45, 7) is 6.30. The molecule has 0 aromatic carbocycles. The Balaban J connectivity index is 2.40. The highest BCUT2D eigenvalue weighted by Crippen LogP contribution is 2.34. The summed E-state index contributed by atoms with van der Waals surface area (Å²) in [6, 6.07) is 0. The average molecular weight is 262 g/mol. The van der Waals surface area contributed by atoms with Crippen LogP contribution in [0.5, 0.6) is 0 Å². The van der Waals surface area contributed by atoms with Crippen molar-refractivity contribution in [3.8, 4) is 0 Å². The van der Waals surface area contributed by atoms with Gasteiger partial charge in [-0.2, -0.15) is 0 Å². The standard InChI is InChI=1S/C15H22N2O2/c1-15(2,3)13(19-4)14-16-9-10-11(17-14)7-5-6-8-12(10)18/h9,13H,5-8H2,1-4H3. The van der Waals surface area contributed by atoms with Crippen LogP contribution in [0.3, 0.4) is 0 Å². The molecule has 0 saturated heterocycles. The Morgan fingerprint density at radius 2 is 1.95 bits per heavy atom. The molecule has 1 atom stereocenters. The number of carbonyl (C=O) groups excluding carboxylic acids is 1. The van der Waals surface area contributed by atoms with E-state index in [4.69, 9.17) is 4.74 Å². The third kappa shape index (κ3) is 3.00. The minimum absolute atomic E-state index is 0.0717. The molecule has 1 aliphatic carbocycles. The molecule has 0 fully saturated rings. The fourth-order valence-corrected chi connectivity index (χ4v) is 2.54. The first kappa shape index (κ1) is 14.1. The monoisotopic (exact) mass is 262 g/mol. The molecule has 4 nitrogen and oxygen atoms in total. The van der Waals surface area contributed by atoms with E-state index in [0.717, 1.165) is 25.0 Å². The fraction of sp³-hybridized carbons (Fsp3) is 0.667. The molecule has 0 saturated carbocycles. The van der Waals surface area contributed by atoms with Crippen LogP contribution in [0, 0.1) is 5.41 Å². The summed E-state index contributed by atoms with van der Waals surface area (Å²) < 4.78 is 5.54. The van der Waals surface area contributed by atoms with Crippen LogP contribution in [-0.2, 0) is 11.2 Å². The minimum Gasteiger partial charge on any atom is -0.373 e. The van der Waals surface area contributed by atoms with Crippen LogP contribution in [-0.4, -0.2) is 22.9 Å². The van der Waals surface area contributed by atoms with Crippen LogP contribution in [0.25, 0.3) is 0 Å². The van der Waals surface area contributed by atoms with Crippen molar-refractivity contribution in [3.05, 3.63) is 23.3 Å². The van der Waals surface area contributed by atoms with E-state index in [1.807, 2.05) is 0 Å². The zero-order valence-electron chi connectivity index (χ0n) is 12.2. The molecule has 4 heteroatoms. The van der Waals surface area contributed by atoms with Gasteiger partial charge in [-0.3, -0.25) is 4.79 Å². The Hall–Kier alpha value is -1.29. The van der Waals surface area contributed by atoms with Crippen LogP contribution < -0.4 is 0 Å². The summed E-state index contributed by atoms with van der Waals surface area (Å²) >= 11 is 0. The summed E-state index contributed by atoms with van der Waals surface area (Å²) in [5.41, 5.74) is 1.52. The van der Waals surface area contributed by atoms with Gasteiger partial charge in [-0.25, -0.2) is 9.97 Å². The zero-order valence-corrected chi connectivity index (χ0v) is 12.2. The smallest absolute Gasteiger partial charge is 0.166 e. The Kier molecular flexibility index (Phi) is 3.99. The van der Waals surface area contributed by atoms with Gasteiger partial charge in [-0.15, -0.1) is 0 Å². The Bertz CT molecular complexity index is 478. The van der Waals surface area contributed by atoms with Crippen LogP contribution in [0.4, 0.5) is 0 Å². The van der Waals surface area contributed by atoms with Gasteiger partial charge in [0.1, 0.15) is 6.10 Å². The Morgan fingerprint density at radius 3 is 2.58 bits per heavy atom. The Labute approximate surface area is 114 Å². The average Bonchev–Trinajstić information content (AvgIpc) is 2.50. The predicted octanol–water partition coefficient (Wildman–Crippen LogP) is 3.12. The lowest BCUT2D eigenvalue weighted by molar-refractivity contribution is 0.00847. The van der Waals surface area contributed by atoms with E-state index in [0.29, 0.717) is 17.8 Å². The van der Waals surface area contributed by atoms with Crippen molar-refractivity contribution in [2.45, 2.75) is 52.6 Å². The molecule has 0 radical (unpaired) electrons. The van der Waals surface area contributed by atoms with Crippen molar-refractivity contribution in [1.29, 1.82) is 0 Å². The lowest BCUT2D eigenvalue weighted by atomic mass is 9.88. The molecule has 1 aromatic rings. The quantitative estimate of drug-likeness (QED) is 0.768. The second kappa shape index (κ2) is 5.37. The van der Waals surface area contributed by atoms with E-state index >= 15 is 0 Å². The van der Waals surface area contributed by atoms with Crippen molar-refractivity contribution in [2.75, 3.05) is 7.11 Å². The van der Waals surface area contributed by atoms with Crippen LogP contribution in [0.2, 0.25) is 0 Å². The molecule has 1 unspecified atom stereocenters. The number of carbonyl (C=O) groups is 1. The van der Waals surface area contributed by atoms with Gasteiger partial charge in [0, 0.05) is 19.7 Å². The number of ketones is 1. The summed E-state index contributed by atoms with van der Waals surface area (Å²) in [4.78, 5) is 20.9. The van der Waals surface area contributed by atoms with Gasteiger partial charge in [0.2, 0.25) is 0 Å². The van der Waals surface area contributed by atoms with Gasteiger partial charge in [0.15, 0.2) is 11.6 Å². The van der Waals surface area contributed by atoms with E-state index in [-0.39, 0.29) is 17.3 Å². The Morgan fingerprint density at radius 1 is 1.26 bits per heavy atom. The molecule has 0 aliphatic heterocycles. The number of hydrogen-bond acceptors (Lipinski definition) is 4. The molecular formula is C15H22N2O2. The summed E-state index contributed by atoms with van der Waals surface area (Å²) in [7, 11) is 1.68. The first-order valence-electron chi connectivity index (χ1n) is 6.85. The molecule has 1 aliphatic rings. The van der Waals surface area contributed by atoms with E-state index < -0.39 is 0 Å². The fourth-order valence-electron chi connectivity index (χ4n) is 2.54. The van der Waals surface area contributed by atoms with Gasteiger partial charge in [-0.1, -0.05) is 20.8 Å². The third-order valence-corrected chi connectivity index (χ3v) is 3.51. The number of nitrogens with zero attached hydrogens (tertiary/aromatic N) is 2.